The van der Waals surface area contributed by atoms with Crippen molar-refractivity contribution in [2.45, 2.75) is 16.3 Å². The summed E-state index contributed by atoms with van der Waals surface area (Å²) in [6, 6.07) is 20.1. The molecule has 10 heteroatoms. The lowest BCUT2D eigenvalue weighted by Crippen LogP contribution is -2.33. The summed E-state index contributed by atoms with van der Waals surface area (Å²) < 4.78 is 24.1. The fourth-order valence-electron chi connectivity index (χ4n) is 3.46. The van der Waals surface area contributed by atoms with Crippen LogP contribution in [0.25, 0.3) is 11.5 Å². The highest BCUT2D eigenvalue weighted by Gasteiger charge is 2.28. The van der Waals surface area contributed by atoms with Crippen LogP contribution in [0.3, 0.4) is 0 Å². The summed E-state index contributed by atoms with van der Waals surface area (Å²) in [5, 5.41) is 3.94. The van der Waals surface area contributed by atoms with E-state index in [1.807, 2.05) is 48.5 Å². The van der Waals surface area contributed by atoms with Crippen LogP contribution in [0, 0.1) is 5.82 Å². The monoisotopic (exact) mass is 477 g/mol. The Morgan fingerprint density at radius 1 is 0.941 bits per heavy atom. The molecule has 1 aromatic heterocycles. The van der Waals surface area contributed by atoms with Crippen LogP contribution in [0.4, 0.5) is 15.8 Å². The van der Waals surface area contributed by atoms with E-state index in [-0.39, 0.29) is 5.89 Å². The molecule has 5 rings (SSSR count). The van der Waals surface area contributed by atoms with Crippen molar-refractivity contribution in [3.05, 3.63) is 89.2 Å². The Morgan fingerprint density at radius 3 is 2.21 bits per heavy atom. The van der Waals surface area contributed by atoms with E-state index in [4.69, 9.17) is 9.15 Å². The van der Waals surface area contributed by atoms with Crippen molar-refractivity contribution in [2.24, 2.45) is 0 Å². The molecule has 0 radical (unpaired) electrons. The molecule has 1 aliphatic rings. The van der Waals surface area contributed by atoms with Gasteiger partial charge in [0.05, 0.1) is 11.4 Å². The van der Waals surface area contributed by atoms with Crippen LogP contribution in [0.15, 0.2) is 91.8 Å². The average molecular weight is 477 g/mol. The summed E-state index contributed by atoms with van der Waals surface area (Å²) in [5.74, 6) is -2.65. The molecular weight excluding hydrogens is 461 g/mol. The van der Waals surface area contributed by atoms with Crippen molar-refractivity contribution >= 4 is 35.0 Å². The van der Waals surface area contributed by atoms with Gasteiger partial charge >= 0.3 is 11.7 Å². The molecule has 1 aliphatic heterocycles. The molecule has 0 unspecified atom stereocenters. The van der Waals surface area contributed by atoms with Gasteiger partial charge in [-0.2, -0.15) is 4.68 Å². The summed E-state index contributed by atoms with van der Waals surface area (Å²) in [6.07, 6.45) is 0. The predicted molar refractivity (Wildman–Crippen MR) is 121 cm³/mol. The van der Waals surface area contributed by atoms with Gasteiger partial charge in [-0.1, -0.05) is 36.0 Å². The Labute approximate surface area is 196 Å². The van der Waals surface area contributed by atoms with E-state index in [2.05, 4.69) is 5.10 Å². The zero-order valence-electron chi connectivity index (χ0n) is 17.5. The smallest absolute Gasteiger partial charge is 0.437 e. The minimum absolute atomic E-state index is 0.0621. The van der Waals surface area contributed by atoms with Crippen molar-refractivity contribution in [1.82, 2.24) is 9.78 Å². The number of esters is 1. The number of halogens is 1. The molecule has 8 nitrogen and oxygen atoms in total. The molecule has 0 bridgehead atoms. The lowest BCUT2D eigenvalue weighted by atomic mass is 10.2. The molecule has 0 saturated carbocycles. The van der Waals surface area contributed by atoms with Gasteiger partial charge in [-0.05, 0) is 48.5 Å². The van der Waals surface area contributed by atoms with E-state index < -0.39 is 36.6 Å². The third kappa shape index (κ3) is 4.23. The number of rotatable bonds is 5. The minimum atomic E-state index is -0.876. The van der Waals surface area contributed by atoms with Crippen LogP contribution in [0.1, 0.15) is 0 Å². The molecule has 0 N–H and O–H groups in total. The maximum Gasteiger partial charge on any atom is 0.437 e. The van der Waals surface area contributed by atoms with E-state index in [9.17, 15) is 18.8 Å². The molecular formula is C24H16FN3O5S. The van der Waals surface area contributed by atoms with E-state index in [1.54, 1.807) is 11.8 Å². The van der Waals surface area contributed by atoms with Gasteiger partial charge in [0.15, 0.2) is 6.61 Å². The Morgan fingerprint density at radius 2 is 1.56 bits per heavy atom. The maximum absolute atomic E-state index is 13.1. The van der Waals surface area contributed by atoms with Crippen LogP contribution < -0.4 is 10.7 Å². The lowest BCUT2D eigenvalue weighted by Gasteiger charge is -2.30. The third-order valence-corrected chi connectivity index (χ3v) is 6.14. The topological polar surface area (TPSA) is 94.6 Å². The second-order valence-corrected chi connectivity index (χ2v) is 8.35. The molecule has 1 amide bonds. The van der Waals surface area contributed by atoms with Gasteiger partial charge in [0.2, 0.25) is 5.89 Å². The standard InChI is InChI=1S/C24H16FN3O5S/c25-16-11-9-15(10-12-16)23-26-27(24(31)33-23)13-22(30)32-14-21(29)28-17-5-1-3-7-19(17)34-20-8-4-2-6-18(20)28/h1-12H,13-14H2. The Kier molecular flexibility index (Phi) is 5.72. The van der Waals surface area contributed by atoms with Gasteiger partial charge < -0.3 is 9.15 Å². The molecule has 34 heavy (non-hydrogen) atoms. The zero-order chi connectivity index (χ0) is 23.7. The number of amides is 1. The maximum atomic E-state index is 13.1. The number of fused-ring (bicyclic) bond motifs is 2. The van der Waals surface area contributed by atoms with Crippen molar-refractivity contribution in [1.29, 1.82) is 0 Å². The van der Waals surface area contributed by atoms with Crippen molar-refractivity contribution < 1.29 is 23.1 Å². The predicted octanol–water partition coefficient (Wildman–Crippen LogP) is 4.02. The first-order valence-corrected chi connectivity index (χ1v) is 11.0. The van der Waals surface area contributed by atoms with Gasteiger partial charge in [0, 0.05) is 15.4 Å². The summed E-state index contributed by atoms with van der Waals surface area (Å²) in [7, 11) is 0. The highest BCUT2D eigenvalue weighted by atomic mass is 32.2. The van der Waals surface area contributed by atoms with Crippen LogP contribution >= 0.6 is 11.8 Å². The SMILES string of the molecule is O=C(Cn1nc(-c2ccc(F)cc2)oc1=O)OCC(=O)N1c2ccccc2Sc2ccccc21. The van der Waals surface area contributed by atoms with Crippen LogP contribution in [-0.4, -0.2) is 28.3 Å². The van der Waals surface area contributed by atoms with Crippen LogP contribution in [0.5, 0.6) is 0 Å². The number of anilines is 2. The fourth-order valence-corrected chi connectivity index (χ4v) is 4.52. The van der Waals surface area contributed by atoms with Gasteiger partial charge in [-0.15, -0.1) is 5.10 Å². The first-order chi connectivity index (χ1) is 16.5. The second-order valence-electron chi connectivity index (χ2n) is 7.27. The fraction of sp³-hybridized carbons (Fsp3) is 0.0833. The van der Waals surface area contributed by atoms with Gasteiger partial charge in [-0.3, -0.25) is 14.5 Å². The first kappa shape index (κ1) is 21.7. The minimum Gasteiger partial charge on any atom is -0.454 e. The number of ether oxygens (including phenoxy) is 1. The average Bonchev–Trinajstić information content (AvgIpc) is 3.21. The second kappa shape index (κ2) is 8.99. The zero-order valence-corrected chi connectivity index (χ0v) is 18.3. The van der Waals surface area contributed by atoms with E-state index >= 15 is 0 Å². The normalized spacial score (nSPS) is 12.1. The highest BCUT2D eigenvalue weighted by molar-refractivity contribution is 7.99. The molecule has 0 aliphatic carbocycles. The summed E-state index contributed by atoms with van der Waals surface area (Å²) in [5.41, 5.74) is 1.77. The van der Waals surface area contributed by atoms with Crippen molar-refractivity contribution in [2.75, 3.05) is 11.5 Å². The number of aromatic nitrogens is 2. The van der Waals surface area contributed by atoms with Gasteiger partial charge in [0.1, 0.15) is 12.4 Å². The molecule has 0 saturated heterocycles. The number of carbonyl (C=O) groups excluding carboxylic acids is 2. The van der Waals surface area contributed by atoms with Gasteiger partial charge in [0.25, 0.3) is 5.91 Å². The molecule has 3 aromatic carbocycles. The van der Waals surface area contributed by atoms with Crippen molar-refractivity contribution in [3.63, 3.8) is 0 Å². The Hall–Kier alpha value is -4.18. The highest BCUT2D eigenvalue weighted by Crippen LogP contribution is 2.47. The number of carbonyl (C=O) groups is 2. The Bertz CT molecular complexity index is 1400. The summed E-state index contributed by atoms with van der Waals surface area (Å²) in [4.78, 5) is 40.8. The number of nitrogens with zero attached hydrogens (tertiary/aromatic N) is 3. The van der Waals surface area contributed by atoms with Gasteiger partial charge in [-0.25, -0.2) is 9.18 Å². The molecule has 0 atom stereocenters. The third-order valence-electron chi connectivity index (χ3n) is 5.01. The molecule has 0 spiro atoms. The number of para-hydroxylation sites is 2. The quantitative estimate of drug-likeness (QED) is 0.401. The lowest BCUT2D eigenvalue weighted by molar-refractivity contribution is -0.148. The summed E-state index contributed by atoms with van der Waals surface area (Å²) in [6.45, 7) is -1.07. The van der Waals surface area contributed by atoms with Crippen LogP contribution in [-0.2, 0) is 20.9 Å². The molecule has 170 valence electrons. The molecule has 0 fully saturated rings. The van der Waals surface area contributed by atoms with E-state index in [0.717, 1.165) is 14.5 Å². The van der Waals surface area contributed by atoms with E-state index in [1.165, 1.54) is 29.2 Å². The number of benzene rings is 3. The largest absolute Gasteiger partial charge is 0.454 e. The Balaban J connectivity index is 1.28. The number of hydrogen-bond acceptors (Lipinski definition) is 7. The number of hydrogen-bond donors (Lipinski definition) is 0. The molecule has 2 heterocycles. The van der Waals surface area contributed by atoms with E-state index in [0.29, 0.717) is 16.9 Å². The first-order valence-electron chi connectivity index (χ1n) is 10.2. The molecule has 4 aromatic rings. The van der Waals surface area contributed by atoms with Crippen molar-refractivity contribution in [3.8, 4) is 11.5 Å². The summed E-state index contributed by atoms with van der Waals surface area (Å²) >= 11 is 1.55. The van der Waals surface area contributed by atoms with Crippen LogP contribution in [0.2, 0.25) is 0 Å².